The van der Waals surface area contributed by atoms with Crippen LogP contribution in [-0.2, 0) is 21.6 Å². The minimum Gasteiger partial charge on any atom is -0.837 e. The van der Waals surface area contributed by atoms with Gasteiger partial charge >= 0.3 is 5.97 Å². The van der Waals surface area contributed by atoms with Crippen LogP contribution >= 0.6 is 0 Å². The summed E-state index contributed by atoms with van der Waals surface area (Å²) >= 11 is 0. The molecule has 0 amide bonds. The third-order valence-electron chi connectivity index (χ3n) is 7.36. The summed E-state index contributed by atoms with van der Waals surface area (Å²) in [6.45, 7) is 2.89. The van der Waals surface area contributed by atoms with Gasteiger partial charge in [-0.3, -0.25) is 4.79 Å². The van der Waals surface area contributed by atoms with Crippen molar-refractivity contribution in [3.8, 4) is 0 Å². The standard InChI is InChI=1S/C27H35NO3/c1-28(20-18-22-11-4-2-5-12-22)19-10-17-25(21-28)31-26(29)27(30,24-15-8-9-16-24)23-13-6-3-7-14-23/h2-7,11-14,24-25H,8-10,15-21H2,1H3/t25?,27?,28-/m1/s1. The summed E-state index contributed by atoms with van der Waals surface area (Å²) in [4.78, 5) is 13.4. The Balaban J connectivity index is 1.44. The summed E-state index contributed by atoms with van der Waals surface area (Å²) in [7, 11) is 2.25. The molecule has 3 atom stereocenters. The number of likely N-dealkylation sites (tertiary alicyclic amines) is 1. The molecule has 0 radical (unpaired) electrons. The van der Waals surface area contributed by atoms with Crippen molar-refractivity contribution < 1.29 is 19.1 Å². The fourth-order valence-corrected chi connectivity index (χ4v) is 5.50. The fraction of sp³-hybridized carbons (Fsp3) is 0.519. The van der Waals surface area contributed by atoms with Gasteiger partial charge in [0.2, 0.25) is 0 Å². The monoisotopic (exact) mass is 421 g/mol. The van der Waals surface area contributed by atoms with E-state index in [-0.39, 0.29) is 12.0 Å². The van der Waals surface area contributed by atoms with Crippen molar-refractivity contribution in [2.75, 3.05) is 26.7 Å². The second kappa shape index (κ2) is 9.54. The van der Waals surface area contributed by atoms with Crippen molar-refractivity contribution in [3.63, 3.8) is 0 Å². The van der Waals surface area contributed by atoms with E-state index in [0.717, 1.165) is 69.1 Å². The first-order valence-corrected chi connectivity index (χ1v) is 11.8. The molecule has 0 bridgehead atoms. The zero-order chi connectivity index (χ0) is 21.7. The molecule has 166 valence electrons. The smallest absolute Gasteiger partial charge is 0.300 e. The molecule has 0 N–H and O–H groups in total. The van der Waals surface area contributed by atoms with Crippen molar-refractivity contribution in [1.82, 2.24) is 0 Å². The Kier molecular flexibility index (Phi) is 6.78. The molecule has 31 heavy (non-hydrogen) atoms. The first-order valence-electron chi connectivity index (χ1n) is 11.8. The maximum Gasteiger partial charge on any atom is 0.300 e. The lowest BCUT2D eigenvalue weighted by Gasteiger charge is -2.46. The number of benzene rings is 2. The number of esters is 1. The third-order valence-corrected chi connectivity index (χ3v) is 7.36. The zero-order valence-corrected chi connectivity index (χ0v) is 18.7. The van der Waals surface area contributed by atoms with Crippen LogP contribution in [0, 0.1) is 5.92 Å². The van der Waals surface area contributed by atoms with Gasteiger partial charge in [-0.15, -0.1) is 0 Å². The quantitative estimate of drug-likeness (QED) is 0.504. The molecule has 2 aliphatic rings. The highest BCUT2D eigenvalue weighted by molar-refractivity contribution is 5.81. The molecule has 2 aromatic rings. The van der Waals surface area contributed by atoms with Crippen LogP contribution in [0.2, 0.25) is 0 Å². The maximum absolute atomic E-state index is 14.1. The zero-order valence-electron chi connectivity index (χ0n) is 18.7. The average molecular weight is 422 g/mol. The molecule has 1 saturated heterocycles. The molecule has 1 aliphatic carbocycles. The molecule has 1 saturated carbocycles. The van der Waals surface area contributed by atoms with Crippen molar-refractivity contribution in [2.45, 2.75) is 56.7 Å². The molecule has 4 heteroatoms. The number of rotatable bonds is 7. The van der Waals surface area contributed by atoms with Gasteiger partial charge in [0.25, 0.3) is 0 Å². The fourth-order valence-electron chi connectivity index (χ4n) is 5.50. The predicted octanol–water partition coefficient (Wildman–Crippen LogP) is 3.83. The Morgan fingerprint density at radius 2 is 1.65 bits per heavy atom. The van der Waals surface area contributed by atoms with Crippen LogP contribution in [0.5, 0.6) is 0 Å². The number of likely N-dealkylation sites (N-methyl/N-ethyl adjacent to an activating group) is 1. The molecule has 1 heterocycles. The summed E-state index contributed by atoms with van der Waals surface area (Å²) in [6, 6.07) is 19.7. The van der Waals surface area contributed by atoms with Gasteiger partial charge in [0.1, 0.15) is 6.54 Å². The Bertz CT molecular complexity index is 849. The van der Waals surface area contributed by atoms with E-state index in [1.165, 1.54) is 5.56 Å². The topological polar surface area (TPSA) is 49.4 Å². The highest BCUT2D eigenvalue weighted by atomic mass is 16.6. The average Bonchev–Trinajstić information content (AvgIpc) is 3.34. The number of ether oxygens (including phenoxy) is 1. The number of quaternary nitrogens is 1. The Hall–Kier alpha value is -2.17. The summed E-state index contributed by atoms with van der Waals surface area (Å²) in [5, 5.41) is 14.1. The van der Waals surface area contributed by atoms with E-state index in [2.05, 4.69) is 31.3 Å². The first-order chi connectivity index (χ1) is 15.0. The minimum atomic E-state index is -1.79. The van der Waals surface area contributed by atoms with E-state index in [4.69, 9.17) is 4.74 Å². The molecule has 1 aliphatic heterocycles. The Labute approximate surface area is 186 Å². The second-order valence-electron chi connectivity index (χ2n) is 9.74. The SMILES string of the molecule is C[N@+]1(CCc2ccccc2)CCCC(OC(=O)C([O-])(c2ccccc2)C2CCCC2)C1. The van der Waals surface area contributed by atoms with Gasteiger partial charge in [0, 0.05) is 18.4 Å². The summed E-state index contributed by atoms with van der Waals surface area (Å²) in [5.41, 5.74) is 0.108. The van der Waals surface area contributed by atoms with Crippen LogP contribution in [0.25, 0.3) is 0 Å². The molecule has 0 aromatic heterocycles. The number of piperidine rings is 1. The summed E-state index contributed by atoms with van der Waals surface area (Å²) in [5.74, 6) is -0.739. The lowest BCUT2D eigenvalue weighted by molar-refractivity contribution is -0.916. The normalized spacial score (nSPS) is 26.3. The minimum absolute atomic E-state index is 0.176. The van der Waals surface area contributed by atoms with Gasteiger partial charge in [-0.1, -0.05) is 86.3 Å². The molecule has 4 nitrogen and oxygen atoms in total. The highest BCUT2D eigenvalue weighted by Gasteiger charge is 2.42. The van der Waals surface area contributed by atoms with Crippen LogP contribution in [-0.4, -0.2) is 43.2 Å². The lowest BCUT2D eigenvalue weighted by atomic mass is 9.80. The van der Waals surface area contributed by atoms with Crippen molar-refractivity contribution in [3.05, 3.63) is 71.8 Å². The molecular weight excluding hydrogens is 386 g/mol. The first kappa shape index (κ1) is 22.0. The summed E-state index contributed by atoms with van der Waals surface area (Å²) < 4.78 is 6.89. The Morgan fingerprint density at radius 3 is 2.32 bits per heavy atom. The van der Waals surface area contributed by atoms with Crippen LogP contribution in [0.1, 0.15) is 49.7 Å². The van der Waals surface area contributed by atoms with Crippen LogP contribution in [0.4, 0.5) is 0 Å². The molecular formula is C27H35NO3. The van der Waals surface area contributed by atoms with Crippen LogP contribution in [0.15, 0.2) is 60.7 Å². The molecule has 2 aromatic carbocycles. The van der Waals surface area contributed by atoms with E-state index in [0.29, 0.717) is 5.56 Å². The van der Waals surface area contributed by atoms with Crippen molar-refractivity contribution >= 4 is 5.97 Å². The third kappa shape index (κ3) is 5.02. The van der Waals surface area contributed by atoms with Gasteiger partial charge in [0.05, 0.1) is 20.1 Å². The molecule has 0 spiro atoms. The number of hydrogen-bond donors (Lipinski definition) is 0. The van der Waals surface area contributed by atoms with Gasteiger partial charge in [0.15, 0.2) is 6.10 Å². The maximum atomic E-state index is 14.1. The van der Waals surface area contributed by atoms with Gasteiger partial charge in [-0.05, 0) is 23.5 Å². The van der Waals surface area contributed by atoms with E-state index >= 15 is 0 Å². The number of carbonyl (C=O) groups excluding carboxylic acids is 1. The predicted molar refractivity (Wildman–Crippen MR) is 120 cm³/mol. The van der Waals surface area contributed by atoms with Gasteiger partial charge in [-0.2, -0.15) is 0 Å². The highest BCUT2D eigenvalue weighted by Crippen LogP contribution is 2.40. The Morgan fingerprint density at radius 1 is 1.00 bits per heavy atom. The molecule has 4 rings (SSSR count). The largest absolute Gasteiger partial charge is 0.837 e. The van der Waals surface area contributed by atoms with E-state index in [1.807, 2.05) is 24.3 Å². The molecule has 2 fully saturated rings. The number of carbonyl (C=O) groups is 1. The molecule has 2 unspecified atom stereocenters. The number of hydrogen-bond acceptors (Lipinski definition) is 3. The van der Waals surface area contributed by atoms with E-state index < -0.39 is 11.6 Å². The van der Waals surface area contributed by atoms with Gasteiger partial charge in [-0.25, -0.2) is 0 Å². The second-order valence-corrected chi connectivity index (χ2v) is 9.74. The summed E-state index contributed by atoms with van der Waals surface area (Å²) in [6.07, 6.45) is 6.35. The van der Waals surface area contributed by atoms with Crippen molar-refractivity contribution in [2.24, 2.45) is 5.92 Å². The van der Waals surface area contributed by atoms with Crippen LogP contribution in [0.3, 0.4) is 0 Å². The van der Waals surface area contributed by atoms with E-state index in [1.54, 1.807) is 12.1 Å². The van der Waals surface area contributed by atoms with Crippen molar-refractivity contribution in [1.29, 1.82) is 0 Å². The van der Waals surface area contributed by atoms with Gasteiger partial charge < -0.3 is 14.3 Å². The lowest BCUT2D eigenvalue weighted by Crippen LogP contribution is -2.58. The number of nitrogens with zero attached hydrogens (tertiary/aromatic N) is 1. The van der Waals surface area contributed by atoms with Crippen LogP contribution < -0.4 is 5.11 Å². The van der Waals surface area contributed by atoms with E-state index in [9.17, 15) is 9.90 Å².